The Morgan fingerprint density at radius 2 is 1.67 bits per heavy atom. The third-order valence-electron chi connectivity index (χ3n) is 4.27. The van der Waals surface area contributed by atoms with Gasteiger partial charge in [-0.1, -0.05) is 54.6 Å². The summed E-state index contributed by atoms with van der Waals surface area (Å²) in [5, 5.41) is 20.8. The van der Waals surface area contributed by atoms with Gasteiger partial charge in [0, 0.05) is 5.57 Å². The Bertz CT molecular complexity index is 858. The molecule has 0 saturated carbocycles. The zero-order chi connectivity index (χ0) is 17.5. The molecular weight excluding hydrogens is 326 g/mol. The van der Waals surface area contributed by atoms with Crippen molar-refractivity contribution >= 4 is 10.0 Å². The average Bonchev–Trinajstić information content (AvgIpc) is 2.79. The first-order valence-electron chi connectivity index (χ1n) is 7.54. The lowest BCUT2D eigenvalue weighted by molar-refractivity contribution is -0.193. The van der Waals surface area contributed by atoms with Crippen molar-refractivity contribution in [2.24, 2.45) is 0 Å². The summed E-state index contributed by atoms with van der Waals surface area (Å²) >= 11 is 0. The van der Waals surface area contributed by atoms with Gasteiger partial charge in [0.25, 0.3) is 5.91 Å². The third-order valence-corrected chi connectivity index (χ3v) is 6.16. The lowest BCUT2D eigenvalue weighted by Crippen LogP contribution is -2.48. The Balaban J connectivity index is 2.13. The van der Waals surface area contributed by atoms with Crippen molar-refractivity contribution in [1.29, 1.82) is 0 Å². The van der Waals surface area contributed by atoms with Crippen LogP contribution in [0.5, 0.6) is 0 Å². The average molecular weight is 345 g/mol. The topological polar surface area (TPSA) is 77.8 Å². The second kappa shape index (κ2) is 5.82. The number of nitrogens with zero attached hydrogens (tertiary/aromatic N) is 1. The number of rotatable bonds is 3. The molecule has 0 amide bonds. The van der Waals surface area contributed by atoms with E-state index in [0.717, 1.165) is 9.87 Å². The highest BCUT2D eigenvalue weighted by Crippen LogP contribution is 2.46. The van der Waals surface area contributed by atoms with Gasteiger partial charge in [0.05, 0.1) is 10.9 Å². The van der Waals surface area contributed by atoms with E-state index in [4.69, 9.17) is 0 Å². The fourth-order valence-corrected chi connectivity index (χ4v) is 4.62. The van der Waals surface area contributed by atoms with Crippen LogP contribution in [0.4, 0.5) is 0 Å². The molecule has 3 rings (SSSR count). The van der Waals surface area contributed by atoms with Gasteiger partial charge in [-0.25, -0.2) is 8.42 Å². The summed E-state index contributed by atoms with van der Waals surface area (Å²) in [4.78, 5) is 0.0104. The van der Waals surface area contributed by atoms with Crippen LogP contribution in [-0.4, -0.2) is 28.8 Å². The van der Waals surface area contributed by atoms with E-state index in [1.807, 2.05) is 13.0 Å². The normalized spacial score (nSPS) is 21.1. The summed E-state index contributed by atoms with van der Waals surface area (Å²) < 4.78 is 26.8. The van der Waals surface area contributed by atoms with Gasteiger partial charge in [0.15, 0.2) is 0 Å². The Morgan fingerprint density at radius 3 is 2.25 bits per heavy atom. The lowest BCUT2D eigenvalue weighted by Gasteiger charge is -2.31. The standard InChI is InChI=1S/C18H19NO4S/c1-13-8-10-16(11-9-13)24(22,23)19-17(12-14(2)18(19,20)21)15-6-4-3-5-7-15/h3-11,17,20-21H,2,12H2,1H3. The molecule has 24 heavy (non-hydrogen) atoms. The predicted octanol–water partition coefficient (Wildman–Crippen LogP) is 2.33. The summed E-state index contributed by atoms with van der Waals surface area (Å²) in [6.07, 6.45) is 0.141. The fourth-order valence-electron chi connectivity index (χ4n) is 2.91. The van der Waals surface area contributed by atoms with E-state index >= 15 is 0 Å². The van der Waals surface area contributed by atoms with E-state index in [1.54, 1.807) is 36.4 Å². The molecule has 0 spiro atoms. The van der Waals surface area contributed by atoms with Crippen LogP contribution in [0.3, 0.4) is 0 Å². The molecule has 1 heterocycles. The van der Waals surface area contributed by atoms with Gasteiger partial charge in [-0.3, -0.25) is 0 Å². The van der Waals surface area contributed by atoms with Gasteiger partial charge in [-0.05, 0) is 31.0 Å². The van der Waals surface area contributed by atoms with Crippen molar-refractivity contribution in [2.75, 3.05) is 0 Å². The molecule has 1 fully saturated rings. The monoisotopic (exact) mass is 345 g/mol. The van der Waals surface area contributed by atoms with Crippen LogP contribution in [-0.2, 0) is 10.0 Å². The Hall–Kier alpha value is -1.99. The minimum atomic E-state index is -4.12. The second-order valence-corrected chi connectivity index (χ2v) is 7.80. The highest BCUT2D eigenvalue weighted by molar-refractivity contribution is 7.89. The molecule has 6 heteroatoms. The molecule has 1 saturated heterocycles. The summed E-state index contributed by atoms with van der Waals surface area (Å²) in [6.45, 7) is 5.50. The van der Waals surface area contributed by atoms with Gasteiger partial charge < -0.3 is 10.2 Å². The number of benzene rings is 2. The highest BCUT2D eigenvalue weighted by Gasteiger charge is 2.54. The van der Waals surface area contributed by atoms with Gasteiger partial charge in [-0.2, -0.15) is 0 Å². The summed E-state index contributed by atoms with van der Waals surface area (Å²) in [5.74, 6) is -2.62. The molecule has 1 unspecified atom stereocenters. The van der Waals surface area contributed by atoms with Crippen molar-refractivity contribution in [1.82, 2.24) is 4.31 Å². The van der Waals surface area contributed by atoms with Crippen molar-refractivity contribution in [3.05, 3.63) is 77.9 Å². The first-order valence-corrected chi connectivity index (χ1v) is 8.98. The zero-order valence-corrected chi connectivity index (χ0v) is 14.1. The first-order chi connectivity index (χ1) is 11.2. The van der Waals surface area contributed by atoms with E-state index in [0.29, 0.717) is 5.56 Å². The largest absolute Gasteiger partial charge is 0.349 e. The van der Waals surface area contributed by atoms with Gasteiger partial charge in [0.1, 0.15) is 0 Å². The molecule has 2 N–H and O–H groups in total. The smallest absolute Gasteiger partial charge is 0.262 e. The van der Waals surface area contributed by atoms with Crippen molar-refractivity contribution < 1.29 is 18.6 Å². The van der Waals surface area contributed by atoms with E-state index < -0.39 is 22.0 Å². The molecule has 2 aromatic rings. The second-order valence-electron chi connectivity index (χ2n) is 5.98. The number of hydrogen-bond donors (Lipinski definition) is 2. The van der Waals surface area contributed by atoms with E-state index in [-0.39, 0.29) is 16.9 Å². The van der Waals surface area contributed by atoms with Crippen LogP contribution < -0.4 is 0 Å². The zero-order valence-electron chi connectivity index (χ0n) is 13.3. The quantitative estimate of drug-likeness (QED) is 0.661. The molecule has 5 nitrogen and oxygen atoms in total. The molecule has 1 atom stereocenters. The highest BCUT2D eigenvalue weighted by atomic mass is 32.2. The van der Waals surface area contributed by atoms with Crippen LogP contribution in [0.1, 0.15) is 23.6 Å². The maximum Gasteiger partial charge on any atom is 0.262 e. The Labute approximate surface area is 141 Å². The summed E-state index contributed by atoms with van der Waals surface area (Å²) in [5.41, 5.74) is 1.64. The first kappa shape index (κ1) is 16.9. The minimum absolute atomic E-state index is 0.0104. The fraction of sp³-hybridized carbons (Fsp3) is 0.222. The number of aliphatic hydroxyl groups is 2. The van der Waals surface area contributed by atoms with Gasteiger partial charge in [-0.15, -0.1) is 4.31 Å². The molecule has 126 valence electrons. The van der Waals surface area contributed by atoms with E-state index in [2.05, 4.69) is 6.58 Å². The van der Waals surface area contributed by atoms with Crippen LogP contribution in [0.15, 0.2) is 71.6 Å². The molecule has 2 aromatic carbocycles. The maximum atomic E-state index is 13.1. The molecule has 0 radical (unpaired) electrons. The molecule has 1 aliphatic heterocycles. The molecule has 1 aliphatic rings. The van der Waals surface area contributed by atoms with E-state index in [9.17, 15) is 18.6 Å². The number of aryl methyl sites for hydroxylation is 1. The summed E-state index contributed by atoms with van der Waals surface area (Å²) in [7, 11) is -4.12. The SMILES string of the molecule is C=C1CC(c2ccccc2)N(S(=O)(=O)c2ccc(C)cc2)C1(O)O. The van der Waals surface area contributed by atoms with Crippen LogP contribution in [0, 0.1) is 6.92 Å². The lowest BCUT2D eigenvalue weighted by atomic mass is 10.0. The molecule has 0 aliphatic carbocycles. The van der Waals surface area contributed by atoms with Crippen molar-refractivity contribution in [3.8, 4) is 0 Å². The van der Waals surface area contributed by atoms with Crippen LogP contribution in [0.25, 0.3) is 0 Å². The Kier molecular flexibility index (Phi) is 4.09. The third kappa shape index (κ3) is 2.67. The maximum absolute atomic E-state index is 13.1. The van der Waals surface area contributed by atoms with Crippen molar-refractivity contribution in [2.45, 2.75) is 30.2 Å². The van der Waals surface area contributed by atoms with Crippen LogP contribution >= 0.6 is 0 Å². The minimum Gasteiger partial charge on any atom is -0.349 e. The van der Waals surface area contributed by atoms with Gasteiger partial charge in [0.2, 0.25) is 10.0 Å². The molecule has 0 bridgehead atoms. The number of sulfonamides is 1. The van der Waals surface area contributed by atoms with Crippen LogP contribution in [0.2, 0.25) is 0 Å². The molecular formula is C18H19NO4S. The van der Waals surface area contributed by atoms with Crippen molar-refractivity contribution in [3.63, 3.8) is 0 Å². The number of hydrogen-bond acceptors (Lipinski definition) is 4. The Morgan fingerprint density at radius 1 is 1.08 bits per heavy atom. The summed E-state index contributed by atoms with van der Waals surface area (Å²) in [6, 6.07) is 14.4. The van der Waals surface area contributed by atoms with Gasteiger partial charge >= 0.3 is 0 Å². The molecule has 0 aromatic heterocycles. The predicted molar refractivity (Wildman–Crippen MR) is 90.3 cm³/mol. The van der Waals surface area contributed by atoms with E-state index in [1.165, 1.54) is 12.1 Å².